The van der Waals surface area contributed by atoms with Crippen molar-refractivity contribution in [1.82, 2.24) is 0 Å². The quantitative estimate of drug-likeness (QED) is 0.511. The second-order valence-corrected chi connectivity index (χ2v) is 5.49. The monoisotopic (exact) mass is 438 g/mol. The number of carboxylic acids is 1. The van der Waals surface area contributed by atoms with Crippen LogP contribution in [-0.2, 0) is 35.8 Å². The van der Waals surface area contributed by atoms with Gasteiger partial charge in [-0.25, -0.2) is 0 Å². The molecule has 0 aliphatic rings. The molecule has 3 atom stereocenters. The van der Waals surface area contributed by atoms with Gasteiger partial charge >= 0.3 is 26.2 Å². The van der Waals surface area contributed by atoms with Crippen LogP contribution in [0, 0.1) is 0 Å². The first-order valence-corrected chi connectivity index (χ1v) is 8.67. The summed E-state index contributed by atoms with van der Waals surface area (Å²) in [6.45, 7) is 12.5. The van der Waals surface area contributed by atoms with Crippen LogP contribution in [0.5, 0.6) is 0 Å². The Balaban J connectivity index is -0.0000000733. The molecule has 0 amide bonds. The molecule has 0 aliphatic carbocycles. The predicted molar refractivity (Wildman–Crippen MR) is 88.8 cm³/mol. The van der Waals surface area contributed by atoms with Gasteiger partial charge < -0.3 is 25.2 Å². The van der Waals surface area contributed by atoms with Crippen LogP contribution in [0.1, 0.15) is 87.0 Å². The fourth-order valence-corrected chi connectivity index (χ4v) is 0.528. The van der Waals surface area contributed by atoms with Crippen molar-refractivity contribution in [2.24, 2.45) is 0 Å². The Morgan fingerprint density at radius 3 is 1.12 bits per heavy atom. The van der Waals surface area contributed by atoms with E-state index in [1.807, 2.05) is 27.7 Å². The maximum atomic E-state index is 10.4. The van der Waals surface area contributed by atoms with Crippen molar-refractivity contribution in [2.75, 3.05) is 0 Å². The molecule has 0 aromatic heterocycles. The molecule has 25 heavy (non-hydrogen) atoms. The van der Waals surface area contributed by atoms with Crippen LogP contribution in [0.2, 0.25) is 0 Å². The third-order valence-electron chi connectivity index (χ3n) is 2.60. The number of carboxylic acid groups (broad SMARTS) is 1. The third-order valence-corrected chi connectivity index (χ3v) is 2.60. The van der Waals surface area contributed by atoms with Crippen molar-refractivity contribution < 1.29 is 56.2 Å². The van der Waals surface area contributed by atoms with E-state index in [0.717, 1.165) is 19.3 Å². The fraction of sp³-hybridized carbons (Fsp3) is 0.889. The van der Waals surface area contributed by atoms with E-state index in [4.69, 9.17) is 0 Å². The molecule has 6 nitrogen and oxygen atoms in total. The summed E-state index contributed by atoms with van der Waals surface area (Å²) < 4.78 is 0. The molecule has 0 saturated carbocycles. The van der Waals surface area contributed by atoms with Gasteiger partial charge in [0.2, 0.25) is 0 Å². The summed E-state index contributed by atoms with van der Waals surface area (Å²) in [7, 11) is 0. The van der Waals surface area contributed by atoms with Crippen LogP contribution in [0.25, 0.3) is 0 Å². The number of hydrogen-bond donors (Lipinski definition) is 0. The zero-order valence-corrected chi connectivity index (χ0v) is 19.4. The molecule has 0 rings (SSSR count). The van der Waals surface area contributed by atoms with Gasteiger partial charge in [0.05, 0.1) is 0 Å². The number of rotatable bonds is 7. The average molecular weight is 440 g/mol. The normalized spacial score (nSPS) is 12.2. The molecule has 148 valence electrons. The predicted octanol–water partition coefficient (Wildman–Crippen LogP) is -0.0713. The summed E-state index contributed by atoms with van der Waals surface area (Å²) in [5, 5.41) is 39.4. The zero-order valence-electron chi connectivity index (χ0n) is 16.9. The SMILES string of the molecule is CCC(C)[O-].CCC(C)[O-].CCC(C)[O-].CCCC(=O)CC(=O)[O-].[Zr+4]. The van der Waals surface area contributed by atoms with Gasteiger partial charge in [0.1, 0.15) is 5.78 Å². The van der Waals surface area contributed by atoms with Crippen LogP contribution >= 0.6 is 0 Å². The molecule has 0 heterocycles. The van der Waals surface area contributed by atoms with Crippen LogP contribution in [-0.4, -0.2) is 30.1 Å². The van der Waals surface area contributed by atoms with E-state index in [1.165, 1.54) is 0 Å². The standard InChI is InChI=1S/C6H10O3.3C4H9O.Zr/c1-2-3-5(7)4-6(8)9;3*1-3-4(2)5;/h2-4H2,1H3,(H,8,9);3*4H,3H2,1-2H3;/q;3*-1;+4/p-1. The summed E-state index contributed by atoms with van der Waals surface area (Å²) in [5.74, 6) is -1.54. The second kappa shape index (κ2) is 28.7. The van der Waals surface area contributed by atoms with E-state index in [9.17, 15) is 30.0 Å². The molecule has 0 aliphatic heterocycles. The second-order valence-electron chi connectivity index (χ2n) is 5.49. The largest absolute Gasteiger partial charge is 4.00 e. The summed E-state index contributed by atoms with van der Waals surface area (Å²) in [5.41, 5.74) is 0. The van der Waals surface area contributed by atoms with Crippen LogP contribution in [0.3, 0.4) is 0 Å². The Hall–Kier alpha value is -0.0969. The molecule has 0 fully saturated rings. The molecule has 0 spiro atoms. The van der Waals surface area contributed by atoms with E-state index in [2.05, 4.69) is 0 Å². The Morgan fingerprint density at radius 2 is 1.00 bits per heavy atom. The number of carbonyl (C=O) groups is 2. The number of ketones is 1. The van der Waals surface area contributed by atoms with Gasteiger partial charge in [0, 0.05) is 18.8 Å². The zero-order chi connectivity index (χ0) is 20.1. The number of carbonyl (C=O) groups excluding carboxylic acids is 2. The van der Waals surface area contributed by atoms with E-state index >= 15 is 0 Å². The van der Waals surface area contributed by atoms with Crippen molar-refractivity contribution in [3.05, 3.63) is 0 Å². The van der Waals surface area contributed by atoms with Crippen molar-refractivity contribution in [1.29, 1.82) is 0 Å². The van der Waals surface area contributed by atoms with Gasteiger partial charge in [0.25, 0.3) is 0 Å². The van der Waals surface area contributed by atoms with Crippen molar-refractivity contribution in [2.45, 2.75) is 105 Å². The van der Waals surface area contributed by atoms with Gasteiger partial charge in [0.15, 0.2) is 0 Å². The van der Waals surface area contributed by atoms with Gasteiger partial charge in [-0.2, -0.15) is 0 Å². The first-order valence-electron chi connectivity index (χ1n) is 8.67. The Bertz CT molecular complexity index is 249. The molecule has 0 N–H and O–H groups in total. The number of Topliss-reactive ketones (excluding diaryl/α,β-unsaturated/α-hetero) is 1. The van der Waals surface area contributed by atoms with E-state index < -0.39 is 12.4 Å². The van der Waals surface area contributed by atoms with Gasteiger partial charge in [-0.05, 0) is 6.42 Å². The Kier molecular flexibility index (Phi) is 41.2. The van der Waals surface area contributed by atoms with Crippen LogP contribution in [0.15, 0.2) is 0 Å². The van der Waals surface area contributed by atoms with E-state index in [1.54, 1.807) is 20.8 Å². The van der Waals surface area contributed by atoms with Gasteiger partial charge in [-0.1, -0.05) is 67.7 Å². The Morgan fingerprint density at radius 1 is 0.760 bits per heavy atom. The van der Waals surface area contributed by atoms with E-state index in [0.29, 0.717) is 12.8 Å². The minimum absolute atomic E-state index is 0. The third kappa shape index (κ3) is 68.9. The van der Waals surface area contributed by atoms with Gasteiger partial charge in [-0.15, -0.1) is 18.3 Å². The summed E-state index contributed by atoms with van der Waals surface area (Å²) >= 11 is 0. The van der Waals surface area contributed by atoms with Crippen molar-refractivity contribution >= 4 is 11.8 Å². The molecule has 0 radical (unpaired) electrons. The maximum Gasteiger partial charge on any atom is 4.00 e. The Labute approximate surface area is 173 Å². The molecule has 0 aromatic rings. The minimum atomic E-state index is -1.28. The van der Waals surface area contributed by atoms with Gasteiger partial charge in [-0.3, -0.25) is 4.79 Å². The average Bonchev–Trinajstić information content (AvgIpc) is 2.48. The first-order chi connectivity index (χ1) is 11.0. The summed E-state index contributed by atoms with van der Waals surface area (Å²) in [6.07, 6.45) is 1.76. The van der Waals surface area contributed by atoms with Crippen LogP contribution < -0.4 is 20.4 Å². The minimum Gasteiger partial charge on any atom is -0.852 e. The number of hydrogen-bond acceptors (Lipinski definition) is 6. The van der Waals surface area contributed by atoms with E-state index in [-0.39, 0.29) is 50.3 Å². The molecule has 0 saturated heterocycles. The fourth-order valence-electron chi connectivity index (χ4n) is 0.528. The van der Waals surface area contributed by atoms with Crippen LogP contribution in [0.4, 0.5) is 0 Å². The summed E-state index contributed by atoms with van der Waals surface area (Å²) in [4.78, 5) is 20.2. The smallest absolute Gasteiger partial charge is 0.852 e. The molecular weight excluding hydrogens is 403 g/mol. The molecule has 7 heteroatoms. The maximum absolute atomic E-state index is 10.4. The topological polar surface area (TPSA) is 126 Å². The molecule has 3 unspecified atom stereocenters. The number of aliphatic carboxylic acids is 1. The molecular formula is C18H36O6Zr. The molecule has 0 bridgehead atoms. The summed E-state index contributed by atoms with van der Waals surface area (Å²) in [6, 6.07) is 0. The van der Waals surface area contributed by atoms with Crippen molar-refractivity contribution in [3.8, 4) is 0 Å². The molecule has 0 aromatic carbocycles. The first kappa shape index (κ1) is 35.9. The van der Waals surface area contributed by atoms with Crippen molar-refractivity contribution in [3.63, 3.8) is 0 Å².